The molecule has 0 aromatic heterocycles. The van der Waals surface area contributed by atoms with Gasteiger partial charge in [-0.2, -0.15) is 0 Å². The number of nitrogens with one attached hydrogen (secondary N) is 1. The SMILES string of the molecule is CN=C(NCCN1CCCS1(=O)=O)N1CC(=O)N(C(C)C)C(C)(C)C1.I. The molecule has 2 fully saturated rings. The van der Waals surface area contributed by atoms with Gasteiger partial charge in [0.1, 0.15) is 0 Å². The van der Waals surface area contributed by atoms with Crippen LogP contribution in [0.2, 0.25) is 0 Å². The van der Waals surface area contributed by atoms with E-state index in [2.05, 4.69) is 24.2 Å². The monoisotopic (exact) mass is 501 g/mol. The van der Waals surface area contributed by atoms with Crippen molar-refractivity contribution in [3.63, 3.8) is 0 Å². The molecule has 2 rings (SSSR count). The number of carbonyl (C=O) groups is 1. The van der Waals surface area contributed by atoms with Crippen LogP contribution in [0.1, 0.15) is 34.1 Å². The van der Waals surface area contributed by atoms with Gasteiger partial charge in [0.05, 0.1) is 17.8 Å². The molecule has 8 nitrogen and oxygen atoms in total. The zero-order valence-corrected chi connectivity index (χ0v) is 19.5. The maximum Gasteiger partial charge on any atom is 0.242 e. The fraction of sp³-hybridized carbons (Fsp3) is 0.875. The Hall–Kier alpha value is -0.620. The van der Waals surface area contributed by atoms with Gasteiger partial charge in [0.2, 0.25) is 15.9 Å². The van der Waals surface area contributed by atoms with E-state index in [4.69, 9.17) is 0 Å². The van der Waals surface area contributed by atoms with Crippen molar-refractivity contribution in [1.29, 1.82) is 0 Å². The predicted molar refractivity (Wildman–Crippen MR) is 114 cm³/mol. The number of hydrogen-bond donors (Lipinski definition) is 1. The van der Waals surface area contributed by atoms with E-state index < -0.39 is 10.0 Å². The lowest BCUT2D eigenvalue weighted by Gasteiger charge is -2.49. The molecule has 0 atom stereocenters. The number of sulfonamides is 1. The Morgan fingerprint density at radius 2 is 2.00 bits per heavy atom. The Bertz CT molecular complexity index is 636. The number of piperazine rings is 1. The van der Waals surface area contributed by atoms with E-state index in [1.54, 1.807) is 7.05 Å². The third-order valence-corrected chi connectivity index (χ3v) is 6.66. The number of rotatable bonds is 4. The Kier molecular flexibility index (Phi) is 8.15. The van der Waals surface area contributed by atoms with E-state index in [1.165, 1.54) is 4.31 Å². The molecule has 0 spiro atoms. The summed E-state index contributed by atoms with van der Waals surface area (Å²) < 4.78 is 25.2. The average Bonchev–Trinajstić information content (AvgIpc) is 2.80. The fourth-order valence-electron chi connectivity index (χ4n) is 3.88. The first-order chi connectivity index (χ1) is 11.6. The van der Waals surface area contributed by atoms with Crippen LogP contribution in [-0.4, -0.2) is 91.5 Å². The van der Waals surface area contributed by atoms with E-state index in [0.717, 1.165) is 0 Å². The normalized spacial score (nSPS) is 23.3. The summed E-state index contributed by atoms with van der Waals surface area (Å²) in [5.74, 6) is 0.958. The standard InChI is InChI=1S/C16H31N5O3S.HI/c1-13(2)21-14(22)11-19(12-16(21,3)4)15(17-5)18-7-9-20-8-6-10-25(20,23)24;/h13H,6-12H2,1-5H3,(H,17,18);1H. The third kappa shape index (κ3) is 5.22. The quantitative estimate of drug-likeness (QED) is 0.346. The topological polar surface area (TPSA) is 85.3 Å². The molecule has 1 N–H and O–H groups in total. The summed E-state index contributed by atoms with van der Waals surface area (Å²) in [7, 11) is -1.40. The molecule has 2 aliphatic rings. The molecule has 2 saturated heterocycles. The highest BCUT2D eigenvalue weighted by molar-refractivity contribution is 14.0. The van der Waals surface area contributed by atoms with Gasteiger partial charge in [0.25, 0.3) is 0 Å². The van der Waals surface area contributed by atoms with Crippen molar-refractivity contribution in [1.82, 2.24) is 19.4 Å². The second kappa shape index (κ2) is 9.05. The van der Waals surface area contributed by atoms with Crippen LogP contribution in [0.3, 0.4) is 0 Å². The number of halogens is 1. The minimum atomic E-state index is -3.08. The highest BCUT2D eigenvalue weighted by atomic mass is 127. The maximum absolute atomic E-state index is 12.6. The van der Waals surface area contributed by atoms with E-state index in [-0.39, 0.29) is 53.8 Å². The molecule has 0 saturated carbocycles. The van der Waals surface area contributed by atoms with Gasteiger partial charge >= 0.3 is 0 Å². The molecular weight excluding hydrogens is 469 g/mol. The molecule has 0 aliphatic carbocycles. The molecule has 152 valence electrons. The molecule has 26 heavy (non-hydrogen) atoms. The van der Waals surface area contributed by atoms with Gasteiger partial charge in [-0.25, -0.2) is 12.7 Å². The Labute approximate surface area is 174 Å². The molecule has 0 bridgehead atoms. The summed E-state index contributed by atoms with van der Waals surface area (Å²) in [6.07, 6.45) is 0.691. The van der Waals surface area contributed by atoms with E-state index in [1.807, 2.05) is 23.6 Å². The molecule has 0 unspecified atom stereocenters. The zero-order valence-electron chi connectivity index (χ0n) is 16.4. The van der Waals surface area contributed by atoms with Crippen LogP contribution >= 0.6 is 24.0 Å². The molecule has 0 aromatic carbocycles. The second-order valence-corrected chi connectivity index (χ2v) is 9.66. The van der Waals surface area contributed by atoms with Crippen LogP contribution in [0.25, 0.3) is 0 Å². The molecule has 0 radical (unpaired) electrons. The summed E-state index contributed by atoms with van der Waals surface area (Å²) >= 11 is 0. The average molecular weight is 501 g/mol. The van der Waals surface area contributed by atoms with Crippen LogP contribution in [0.15, 0.2) is 4.99 Å². The molecule has 2 heterocycles. The van der Waals surface area contributed by atoms with Gasteiger partial charge in [0, 0.05) is 39.3 Å². The van der Waals surface area contributed by atoms with Gasteiger partial charge in [-0.05, 0) is 34.1 Å². The first-order valence-corrected chi connectivity index (χ1v) is 10.4. The van der Waals surface area contributed by atoms with Crippen molar-refractivity contribution in [3.05, 3.63) is 0 Å². The van der Waals surface area contributed by atoms with Gasteiger partial charge in [-0.3, -0.25) is 9.79 Å². The number of carbonyl (C=O) groups excluding carboxylic acids is 1. The highest BCUT2D eigenvalue weighted by Crippen LogP contribution is 2.24. The Morgan fingerprint density at radius 3 is 2.46 bits per heavy atom. The van der Waals surface area contributed by atoms with Gasteiger partial charge in [-0.1, -0.05) is 0 Å². The van der Waals surface area contributed by atoms with E-state index >= 15 is 0 Å². The van der Waals surface area contributed by atoms with Crippen molar-refractivity contribution >= 4 is 45.9 Å². The van der Waals surface area contributed by atoms with Gasteiger partial charge in [-0.15, -0.1) is 24.0 Å². The number of aliphatic imine (C=N–C) groups is 1. The number of guanidine groups is 1. The van der Waals surface area contributed by atoms with Crippen molar-refractivity contribution in [2.24, 2.45) is 4.99 Å². The minimum absolute atomic E-state index is 0. The molecule has 0 aromatic rings. The van der Waals surface area contributed by atoms with Crippen molar-refractivity contribution in [3.8, 4) is 0 Å². The lowest BCUT2D eigenvalue weighted by Crippen LogP contribution is -2.66. The highest BCUT2D eigenvalue weighted by Gasteiger charge is 2.40. The minimum Gasteiger partial charge on any atom is -0.355 e. The van der Waals surface area contributed by atoms with Crippen LogP contribution in [0.4, 0.5) is 0 Å². The Balaban J connectivity index is 0.00000338. The maximum atomic E-state index is 12.6. The van der Waals surface area contributed by atoms with Crippen LogP contribution in [-0.2, 0) is 14.8 Å². The second-order valence-electron chi connectivity index (χ2n) is 7.57. The lowest BCUT2D eigenvalue weighted by molar-refractivity contribution is -0.145. The lowest BCUT2D eigenvalue weighted by atomic mass is 9.96. The zero-order chi connectivity index (χ0) is 18.8. The van der Waals surface area contributed by atoms with Crippen LogP contribution in [0, 0.1) is 0 Å². The number of nitrogens with zero attached hydrogens (tertiary/aromatic N) is 4. The molecular formula is C16H32IN5O3S. The summed E-state index contributed by atoms with van der Waals surface area (Å²) in [4.78, 5) is 20.7. The summed E-state index contributed by atoms with van der Waals surface area (Å²) in [6.45, 7) is 10.6. The first-order valence-electron chi connectivity index (χ1n) is 8.84. The van der Waals surface area contributed by atoms with Crippen LogP contribution in [0.5, 0.6) is 0 Å². The smallest absolute Gasteiger partial charge is 0.242 e. The summed E-state index contributed by atoms with van der Waals surface area (Å²) in [5.41, 5.74) is -0.292. The Morgan fingerprint density at radius 1 is 1.35 bits per heavy atom. The van der Waals surface area contributed by atoms with E-state index in [0.29, 0.717) is 38.6 Å². The van der Waals surface area contributed by atoms with Gasteiger partial charge in [0.15, 0.2) is 5.96 Å². The predicted octanol–water partition coefficient (Wildman–Crippen LogP) is 0.547. The molecule has 10 heteroatoms. The third-order valence-electron chi connectivity index (χ3n) is 4.70. The largest absolute Gasteiger partial charge is 0.355 e. The van der Waals surface area contributed by atoms with Crippen molar-refractivity contribution < 1.29 is 13.2 Å². The molecule has 2 aliphatic heterocycles. The number of hydrogen-bond acceptors (Lipinski definition) is 4. The van der Waals surface area contributed by atoms with Crippen molar-refractivity contribution in [2.75, 3.05) is 45.5 Å². The van der Waals surface area contributed by atoms with E-state index in [9.17, 15) is 13.2 Å². The number of amides is 1. The van der Waals surface area contributed by atoms with Crippen LogP contribution < -0.4 is 5.32 Å². The first kappa shape index (κ1) is 23.4. The van der Waals surface area contributed by atoms with Gasteiger partial charge < -0.3 is 15.1 Å². The van der Waals surface area contributed by atoms with Crippen molar-refractivity contribution in [2.45, 2.75) is 45.7 Å². The fourth-order valence-corrected chi connectivity index (χ4v) is 5.41. The molecule has 1 amide bonds. The summed E-state index contributed by atoms with van der Waals surface area (Å²) in [5, 5.41) is 3.21. The summed E-state index contributed by atoms with van der Waals surface area (Å²) in [6, 6.07) is 0.153.